The number of para-hydroxylation sites is 1. The van der Waals surface area contributed by atoms with Crippen LogP contribution < -0.4 is 10.6 Å². The minimum Gasteiger partial charge on any atom is -0.459 e. The summed E-state index contributed by atoms with van der Waals surface area (Å²) in [6, 6.07) is 15.0. The molecule has 0 spiro atoms. The molecular formula is C24H23N5O4S. The van der Waals surface area contributed by atoms with Gasteiger partial charge in [-0.1, -0.05) is 30.3 Å². The molecule has 2 heterocycles. The zero-order valence-corrected chi connectivity index (χ0v) is 19.6. The van der Waals surface area contributed by atoms with Gasteiger partial charge in [0.2, 0.25) is 0 Å². The maximum Gasteiger partial charge on any atom is 0.338 e. The molecule has 1 aliphatic rings. The number of esters is 1. The summed E-state index contributed by atoms with van der Waals surface area (Å²) in [7, 11) is 0. The van der Waals surface area contributed by atoms with Crippen molar-refractivity contribution in [2.24, 2.45) is 0 Å². The van der Waals surface area contributed by atoms with Crippen molar-refractivity contribution >= 4 is 29.0 Å². The number of rotatable bonds is 6. The van der Waals surface area contributed by atoms with E-state index in [1.54, 1.807) is 43.8 Å². The van der Waals surface area contributed by atoms with E-state index in [-0.39, 0.29) is 11.8 Å². The lowest BCUT2D eigenvalue weighted by Gasteiger charge is -2.30. The van der Waals surface area contributed by atoms with Crippen molar-refractivity contribution in [3.05, 3.63) is 87.7 Å². The summed E-state index contributed by atoms with van der Waals surface area (Å²) in [5.41, 5.74) is 3.32. The second-order valence-corrected chi connectivity index (χ2v) is 8.45. The Kier molecular flexibility index (Phi) is 6.42. The summed E-state index contributed by atoms with van der Waals surface area (Å²) in [5.74, 6) is -0.488. The molecule has 1 aromatic heterocycles. The van der Waals surface area contributed by atoms with Crippen molar-refractivity contribution in [3.63, 3.8) is 0 Å². The first kappa shape index (κ1) is 23.1. The molecule has 1 atom stereocenters. The van der Waals surface area contributed by atoms with Gasteiger partial charge >= 0.3 is 5.97 Å². The van der Waals surface area contributed by atoms with Crippen LogP contribution in [0.3, 0.4) is 0 Å². The van der Waals surface area contributed by atoms with Crippen molar-refractivity contribution in [1.29, 1.82) is 0 Å². The number of benzene rings is 2. The van der Waals surface area contributed by atoms with Gasteiger partial charge in [0.25, 0.3) is 5.69 Å². The number of nitro groups is 1. The first-order valence-corrected chi connectivity index (χ1v) is 11.0. The third-order valence-corrected chi connectivity index (χ3v) is 5.46. The number of allylic oxidation sites excluding steroid dienone is 1. The molecule has 0 saturated heterocycles. The lowest BCUT2D eigenvalue weighted by Crippen LogP contribution is -2.45. The van der Waals surface area contributed by atoms with Crippen LogP contribution in [0.2, 0.25) is 0 Å². The molecule has 0 radical (unpaired) electrons. The van der Waals surface area contributed by atoms with Crippen LogP contribution in [0.15, 0.2) is 72.1 Å². The van der Waals surface area contributed by atoms with Crippen molar-refractivity contribution in [1.82, 2.24) is 20.4 Å². The van der Waals surface area contributed by atoms with E-state index >= 15 is 0 Å². The molecule has 2 N–H and O–H groups in total. The van der Waals surface area contributed by atoms with Gasteiger partial charge in [0.15, 0.2) is 5.11 Å². The summed E-state index contributed by atoms with van der Waals surface area (Å²) in [6.45, 7) is 5.31. The van der Waals surface area contributed by atoms with Crippen LogP contribution in [0, 0.1) is 10.1 Å². The van der Waals surface area contributed by atoms with Crippen LogP contribution >= 0.6 is 12.2 Å². The molecule has 2 aromatic carbocycles. The average molecular weight is 478 g/mol. The highest BCUT2D eigenvalue weighted by molar-refractivity contribution is 7.80. The van der Waals surface area contributed by atoms with Gasteiger partial charge in [0.05, 0.1) is 34.0 Å². The summed E-state index contributed by atoms with van der Waals surface area (Å²) in [6.07, 6.45) is 1.48. The van der Waals surface area contributed by atoms with E-state index < -0.39 is 16.9 Å². The van der Waals surface area contributed by atoms with E-state index in [1.807, 2.05) is 30.3 Å². The smallest absolute Gasteiger partial charge is 0.338 e. The fourth-order valence-electron chi connectivity index (χ4n) is 3.78. The highest BCUT2D eigenvalue weighted by atomic mass is 32.1. The van der Waals surface area contributed by atoms with Crippen molar-refractivity contribution in [2.75, 3.05) is 0 Å². The minimum absolute atomic E-state index is 0.0577. The van der Waals surface area contributed by atoms with Gasteiger partial charge in [0, 0.05) is 35.2 Å². The minimum atomic E-state index is -0.674. The van der Waals surface area contributed by atoms with Gasteiger partial charge in [0.1, 0.15) is 0 Å². The Labute approximate surface area is 201 Å². The van der Waals surface area contributed by atoms with Crippen LogP contribution in [-0.2, 0) is 9.53 Å². The van der Waals surface area contributed by atoms with Crippen molar-refractivity contribution in [3.8, 4) is 16.9 Å². The molecule has 3 aromatic rings. The second kappa shape index (κ2) is 9.44. The molecule has 0 aliphatic carbocycles. The van der Waals surface area contributed by atoms with Crippen LogP contribution in [0.1, 0.15) is 32.4 Å². The van der Waals surface area contributed by atoms with E-state index in [0.29, 0.717) is 33.2 Å². The largest absolute Gasteiger partial charge is 0.459 e. The molecule has 34 heavy (non-hydrogen) atoms. The van der Waals surface area contributed by atoms with E-state index in [9.17, 15) is 14.9 Å². The Hall–Kier alpha value is -4.05. The average Bonchev–Trinajstić information content (AvgIpc) is 3.24. The fraction of sp³-hybridized carbons (Fsp3) is 0.208. The summed E-state index contributed by atoms with van der Waals surface area (Å²) >= 11 is 5.38. The standard InChI is InChI=1S/C24H23N5O4S/c1-14(2)33-23(30)20-15(3)25-24(34)26-22(20)19-13-28(17-9-5-4-6-10-17)27-21(19)16-8-7-11-18(12-16)29(31)32/h4-14,22H,1-3H3,(H2,25,26,34)/t22-/m1/s1. The predicted octanol–water partition coefficient (Wildman–Crippen LogP) is 4.19. The highest BCUT2D eigenvalue weighted by Crippen LogP contribution is 2.36. The Morgan fingerprint density at radius 3 is 2.62 bits per heavy atom. The first-order chi connectivity index (χ1) is 16.2. The molecule has 1 aliphatic heterocycles. The number of nitrogens with one attached hydrogen (secondary N) is 2. The normalized spacial score (nSPS) is 15.6. The Balaban J connectivity index is 1.92. The van der Waals surface area contributed by atoms with E-state index in [0.717, 1.165) is 5.69 Å². The third-order valence-electron chi connectivity index (χ3n) is 5.24. The lowest BCUT2D eigenvalue weighted by molar-refractivity contribution is -0.384. The number of nitro benzene ring substituents is 1. The van der Waals surface area contributed by atoms with Gasteiger partial charge in [-0.3, -0.25) is 10.1 Å². The molecule has 9 nitrogen and oxygen atoms in total. The van der Waals surface area contributed by atoms with Gasteiger partial charge in [-0.15, -0.1) is 0 Å². The fourth-order valence-corrected chi connectivity index (χ4v) is 4.05. The maximum absolute atomic E-state index is 13.1. The number of hydrogen-bond donors (Lipinski definition) is 2. The van der Waals surface area contributed by atoms with E-state index in [2.05, 4.69) is 10.6 Å². The number of hydrogen-bond acceptors (Lipinski definition) is 6. The molecule has 0 unspecified atom stereocenters. The SMILES string of the molecule is CC1=C(C(=O)OC(C)C)[C@@H](c2cn(-c3ccccc3)nc2-c2cccc([N+](=O)[O-])c2)NC(=S)N1. The lowest BCUT2D eigenvalue weighted by atomic mass is 9.93. The quantitative estimate of drug-likeness (QED) is 0.235. The summed E-state index contributed by atoms with van der Waals surface area (Å²) in [4.78, 5) is 24.0. The Morgan fingerprint density at radius 2 is 1.94 bits per heavy atom. The molecular weight excluding hydrogens is 454 g/mol. The van der Waals surface area contributed by atoms with Crippen LogP contribution in [0.25, 0.3) is 16.9 Å². The monoisotopic (exact) mass is 477 g/mol. The van der Waals surface area contributed by atoms with Crippen LogP contribution in [0.5, 0.6) is 0 Å². The Morgan fingerprint density at radius 1 is 1.21 bits per heavy atom. The molecule has 174 valence electrons. The van der Waals surface area contributed by atoms with Crippen LogP contribution in [-0.4, -0.2) is 31.9 Å². The van der Waals surface area contributed by atoms with Crippen molar-refractivity contribution < 1.29 is 14.5 Å². The zero-order valence-electron chi connectivity index (χ0n) is 18.8. The van der Waals surface area contributed by atoms with Gasteiger partial charge in [-0.2, -0.15) is 5.10 Å². The molecule has 0 amide bonds. The Bertz CT molecular complexity index is 1300. The number of ether oxygens (including phenoxy) is 1. The number of nitrogens with zero attached hydrogens (tertiary/aromatic N) is 3. The second-order valence-electron chi connectivity index (χ2n) is 8.04. The molecule has 4 rings (SSSR count). The summed E-state index contributed by atoms with van der Waals surface area (Å²) in [5, 5.41) is 22.6. The highest BCUT2D eigenvalue weighted by Gasteiger charge is 2.34. The summed E-state index contributed by atoms with van der Waals surface area (Å²) < 4.78 is 7.18. The predicted molar refractivity (Wildman–Crippen MR) is 131 cm³/mol. The molecule has 0 bridgehead atoms. The van der Waals surface area contributed by atoms with E-state index in [1.165, 1.54) is 12.1 Å². The third kappa shape index (κ3) is 4.67. The number of aromatic nitrogens is 2. The topological polar surface area (TPSA) is 111 Å². The number of carbonyl (C=O) groups is 1. The van der Waals surface area contributed by atoms with Crippen molar-refractivity contribution in [2.45, 2.75) is 32.9 Å². The molecule has 0 saturated carbocycles. The number of thiocarbonyl (C=S) groups is 1. The van der Waals surface area contributed by atoms with E-state index in [4.69, 9.17) is 22.1 Å². The molecule has 10 heteroatoms. The number of carbonyl (C=O) groups excluding carboxylic acids is 1. The van der Waals surface area contributed by atoms with Gasteiger partial charge in [-0.25, -0.2) is 9.48 Å². The molecule has 0 fully saturated rings. The maximum atomic E-state index is 13.1. The van der Waals surface area contributed by atoms with Gasteiger partial charge in [-0.05, 0) is 45.1 Å². The van der Waals surface area contributed by atoms with Crippen LogP contribution in [0.4, 0.5) is 5.69 Å². The zero-order chi connectivity index (χ0) is 24.4. The van der Waals surface area contributed by atoms with Gasteiger partial charge < -0.3 is 15.4 Å². The first-order valence-electron chi connectivity index (χ1n) is 10.6. The number of non-ortho nitro benzene ring substituents is 1.